The summed E-state index contributed by atoms with van der Waals surface area (Å²) in [4.78, 5) is 12.2. The third-order valence-electron chi connectivity index (χ3n) is 3.55. The second-order valence-electron chi connectivity index (χ2n) is 4.92. The highest BCUT2D eigenvalue weighted by Crippen LogP contribution is 2.28. The lowest BCUT2D eigenvalue weighted by Crippen LogP contribution is -1.93. The molecule has 3 rings (SSSR count). The van der Waals surface area contributed by atoms with E-state index >= 15 is 0 Å². The molecule has 0 radical (unpaired) electrons. The topological polar surface area (TPSA) is 67.6 Å². The Morgan fingerprint density at radius 3 is 2.63 bits per heavy atom. The maximum atomic E-state index is 5.93. The molecule has 2 aromatic heterocycles. The summed E-state index contributed by atoms with van der Waals surface area (Å²) in [5.74, 6) is 0.824. The van der Waals surface area contributed by atoms with Crippen LogP contribution in [0.5, 0.6) is 0 Å². The number of hydrogen-bond donors (Lipinski definition) is 2. The van der Waals surface area contributed by atoms with Crippen LogP contribution < -0.4 is 5.73 Å². The first kappa shape index (κ1) is 11.7. The molecule has 0 spiro atoms. The smallest absolute Gasteiger partial charge is 0.178 e. The number of pyridine rings is 1. The quantitative estimate of drug-likeness (QED) is 0.654. The van der Waals surface area contributed by atoms with Gasteiger partial charge < -0.3 is 10.7 Å². The highest BCUT2D eigenvalue weighted by atomic mass is 15.0. The van der Waals surface area contributed by atoms with Crippen molar-refractivity contribution in [2.75, 3.05) is 5.73 Å². The van der Waals surface area contributed by atoms with Crippen LogP contribution in [-0.4, -0.2) is 15.0 Å². The van der Waals surface area contributed by atoms with Crippen molar-refractivity contribution < 1.29 is 0 Å². The molecule has 0 aliphatic rings. The van der Waals surface area contributed by atoms with Crippen molar-refractivity contribution in [3.8, 4) is 11.4 Å². The Bertz CT molecular complexity index is 771. The van der Waals surface area contributed by atoms with Crippen molar-refractivity contribution in [2.24, 2.45) is 0 Å². The lowest BCUT2D eigenvalue weighted by Gasteiger charge is -2.07. The fourth-order valence-corrected chi connectivity index (χ4v) is 2.30. The van der Waals surface area contributed by atoms with Gasteiger partial charge in [0.15, 0.2) is 5.65 Å². The second-order valence-corrected chi connectivity index (χ2v) is 4.92. The van der Waals surface area contributed by atoms with E-state index in [0.717, 1.165) is 33.8 Å². The summed E-state index contributed by atoms with van der Waals surface area (Å²) in [6.45, 7) is 6.18. The fraction of sp³-hybridized carbons (Fsp3) is 0.200. The van der Waals surface area contributed by atoms with Gasteiger partial charge in [-0.05, 0) is 55.7 Å². The van der Waals surface area contributed by atoms with Crippen LogP contribution >= 0.6 is 0 Å². The van der Waals surface area contributed by atoms with E-state index in [9.17, 15) is 0 Å². The van der Waals surface area contributed by atoms with Gasteiger partial charge in [0, 0.05) is 17.4 Å². The van der Waals surface area contributed by atoms with Crippen molar-refractivity contribution in [2.45, 2.75) is 20.8 Å². The van der Waals surface area contributed by atoms with Crippen LogP contribution in [0.25, 0.3) is 22.6 Å². The van der Waals surface area contributed by atoms with Gasteiger partial charge in [-0.15, -0.1) is 0 Å². The van der Waals surface area contributed by atoms with Crippen LogP contribution in [0.3, 0.4) is 0 Å². The minimum atomic E-state index is 0.745. The van der Waals surface area contributed by atoms with E-state index < -0.39 is 0 Å². The van der Waals surface area contributed by atoms with E-state index in [1.807, 2.05) is 25.1 Å². The Morgan fingerprint density at radius 1 is 1.11 bits per heavy atom. The zero-order valence-electron chi connectivity index (χ0n) is 11.3. The zero-order chi connectivity index (χ0) is 13.6. The number of benzene rings is 1. The van der Waals surface area contributed by atoms with Crippen molar-refractivity contribution in [3.05, 3.63) is 41.1 Å². The van der Waals surface area contributed by atoms with Gasteiger partial charge in [-0.2, -0.15) is 0 Å². The molecule has 0 aliphatic carbocycles. The van der Waals surface area contributed by atoms with Gasteiger partial charge in [0.25, 0.3) is 0 Å². The Morgan fingerprint density at radius 2 is 1.89 bits per heavy atom. The first-order valence-electron chi connectivity index (χ1n) is 6.24. The molecular formula is C15H16N4. The first-order chi connectivity index (χ1) is 9.06. The molecule has 0 saturated carbocycles. The summed E-state index contributed by atoms with van der Waals surface area (Å²) in [5.41, 5.74) is 12.9. The summed E-state index contributed by atoms with van der Waals surface area (Å²) in [6, 6.07) is 5.90. The third-order valence-corrected chi connectivity index (χ3v) is 3.55. The molecule has 3 aromatic rings. The normalized spacial score (nSPS) is 11.1. The number of aromatic nitrogens is 3. The van der Waals surface area contributed by atoms with Crippen LogP contribution in [0, 0.1) is 20.8 Å². The molecule has 4 heteroatoms. The molecule has 0 bridgehead atoms. The van der Waals surface area contributed by atoms with Gasteiger partial charge in [0.2, 0.25) is 0 Å². The number of fused-ring (bicyclic) bond motifs is 1. The van der Waals surface area contributed by atoms with Crippen LogP contribution in [0.4, 0.5) is 5.69 Å². The molecule has 1 aromatic carbocycles. The highest BCUT2D eigenvalue weighted by molar-refractivity contribution is 5.80. The SMILES string of the molecule is Cc1cc(N)cc(-c2nc3nccc(C)c3[nH]2)c1C. The van der Waals surface area contributed by atoms with Crippen LogP contribution in [0.15, 0.2) is 24.4 Å². The predicted octanol–water partition coefficient (Wildman–Crippen LogP) is 3.13. The number of nitrogen functional groups attached to an aromatic ring is 1. The summed E-state index contributed by atoms with van der Waals surface area (Å²) >= 11 is 0. The monoisotopic (exact) mass is 252 g/mol. The average Bonchev–Trinajstić information content (AvgIpc) is 2.79. The van der Waals surface area contributed by atoms with Gasteiger partial charge >= 0.3 is 0 Å². The lowest BCUT2D eigenvalue weighted by atomic mass is 10.0. The van der Waals surface area contributed by atoms with E-state index in [0.29, 0.717) is 0 Å². The molecule has 0 saturated heterocycles. The third kappa shape index (κ3) is 1.85. The number of aromatic amines is 1. The number of H-pyrrole nitrogens is 1. The number of aryl methyl sites for hydroxylation is 2. The Kier molecular flexibility index (Phi) is 2.52. The molecule has 3 N–H and O–H groups in total. The van der Waals surface area contributed by atoms with Gasteiger partial charge in [-0.3, -0.25) is 0 Å². The molecule has 96 valence electrons. The van der Waals surface area contributed by atoms with Crippen LogP contribution in [0.1, 0.15) is 16.7 Å². The summed E-state index contributed by atoms with van der Waals surface area (Å²) in [7, 11) is 0. The van der Waals surface area contributed by atoms with Gasteiger partial charge in [-0.25, -0.2) is 9.97 Å². The minimum Gasteiger partial charge on any atom is -0.399 e. The fourth-order valence-electron chi connectivity index (χ4n) is 2.30. The van der Waals surface area contributed by atoms with Crippen molar-refractivity contribution in [1.82, 2.24) is 15.0 Å². The van der Waals surface area contributed by atoms with E-state index in [-0.39, 0.29) is 0 Å². The number of anilines is 1. The number of rotatable bonds is 1. The largest absolute Gasteiger partial charge is 0.399 e. The summed E-state index contributed by atoms with van der Waals surface area (Å²) < 4.78 is 0. The molecule has 2 heterocycles. The lowest BCUT2D eigenvalue weighted by molar-refractivity contribution is 1.26. The van der Waals surface area contributed by atoms with Crippen molar-refractivity contribution in [3.63, 3.8) is 0 Å². The van der Waals surface area contributed by atoms with Gasteiger partial charge in [0.05, 0.1) is 5.52 Å². The number of nitrogens with zero attached hydrogens (tertiary/aromatic N) is 2. The van der Waals surface area contributed by atoms with E-state index in [1.54, 1.807) is 6.20 Å². The Labute approximate surface area is 111 Å². The van der Waals surface area contributed by atoms with E-state index in [1.165, 1.54) is 11.1 Å². The molecule has 0 atom stereocenters. The van der Waals surface area contributed by atoms with E-state index in [2.05, 4.69) is 28.8 Å². The Hall–Kier alpha value is -2.36. The van der Waals surface area contributed by atoms with Crippen LogP contribution in [0.2, 0.25) is 0 Å². The average molecular weight is 252 g/mol. The summed E-state index contributed by atoms with van der Waals surface area (Å²) in [6.07, 6.45) is 1.78. The molecule has 0 unspecified atom stereocenters. The molecule has 0 fully saturated rings. The molecule has 4 nitrogen and oxygen atoms in total. The maximum absolute atomic E-state index is 5.93. The number of imidazole rings is 1. The maximum Gasteiger partial charge on any atom is 0.178 e. The zero-order valence-corrected chi connectivity index (χ0v) is 11.3. The Balaban J connectivity index is 2.28. The number of nitrogens with one attached hydrogen (secondary N) is 1. The molecule has 0 amide bonds. The minimum absolute atomic E-state index is 0.745. The van der Waals surface area contributed by atoms with Crippen molar-refractivity contribution >= 4 is 16.9 Å². The van der Waals surface area contributed by atoms with E-state index in [4.69, 9.17) is 5.73 Å². The second kappa shape index (κ2) is 4.09. The van der Waals surface area contributed by atoms with Crippen molar-refractivity contribution in [1.29, 1.82) is 0 Å². The first-order valence-corrected chi connectivity index (χ1v) is 6.24. The molecule has 0 aliphatic heterocycles. The predicted molar refractivity (Wildman–Crippen MR) is 77.9 cm³/mol. The molecule has 19 heavy (non-hydrogen) atoms. The van der Waals surface area contributed by atoms with Gasteiger partial charge in [-0.1, -0.05) is 0 Å². The number of nitrogens with two attached hydrogens (primary N) is 1. The molecular weight excluding hydrogens is 236 g/mol. The van der Waals surface area contributed by atoms with Crippen LogP contribution in [-0.2, 0) is 0 Å². The van der Waals surface area contributed by atoms with Gasteiger partial charge in [0.1, 0.15) is 5.82 Å². The highest BCUT2D eigenvalue weighted by Gasteiger charge is 2.11. The summed E-state index contributed by atoms with van der Waals surface area (Å²) in [5, 5.41) is 0. The standard InChI is InChI=1S/C15H16N4/c1-8-4-5-17-15-13(8)18-14(19-15)12-7-11(16)6-9(2)10(12)3/h4-7H,16H2,1-3H3,(H,17,18,19). The number of hydrogen-bond acceptors (Lipinski definition) is 3.